The third kappa shape index (κ3) is 3.34. The molecule has 0 atom stereocenters. The number of nitrogens with zero attached hydrogens (tertiary/aromatic N) is 1. The maximum absolute atomic E-state index is 8.92. The quantitative estimate of drug-likeness (QED) is 0.345. The van der Waals surface area contributed by atoms with Gasteiger partial charge < -0.3 is 5.11 Å². The Morgan fingerprint density at radius 1 is 2.00 bits per heavy atom. The molecular formula is C2H2NO2. The largest absolute Gasteiger partial charge is 0.367 e. The molecule has 3 heteroatoms. The molecule has 0 aliphatic heterocycles. The zero-order valence-corrected chi connectivity index (χ0v) is 2.38. The second-order valence-corrected chi connectivity index (χ2v) is 0.336. The highest BCUT2D eigenvalue weighted by Gasteiger charge is 1.55. The van der Waals surface area contributed by atoms with Crippen molar-refractivity contribution in [1.82, 2.24) is 0 Å². The van der Waals surface area contributed by atoms with Crippen molar-refractivity contribution in [1.29, 1.82) is 0 Å². The second kappa shape index (κ2) is 3.34. The van der Waals surface area contributed by atoms with Crippen LogP contribution < -0.4 is 0 Å². The van der Waals surface area contributed by atoms with Gasteiger partial charge in [0.25, 0.3) is 0 Å². The molecule has 0 aromatic rings. The van der Waals surface area contributed by atoms with Crippen LogP contribution in [0.2, 0.25) is 0 Å². The van der Waals surface area contributed by atoms with Crippen molar-refractivity contribution in [3.8, 4) is 0 Å². The van der Waals surface area contributed by atoms with Gasteiger partial charge in [0, 0.05) is 0 Å². The van der Waals surface area contributed by atoms with Crippen LogP contribution in [0.3, 0.4) is 0 Å². The fourth-order valence-electron chi connectivity index (χ4n) is 0.0236. The van der Waals surface area contributed by atoms with Crippen molar-refractivity contribution in [2.45, 2.75) is 0 Å². The van der Waals surface area contributed by atoms with E-state index in [0.29, 0.717) is 6.73 Å². The van der Waals surface area contributed by atoms with E-state index in [2.05, 4.69) is 4.99 Å². The van der Waals surface area contributed by atoms with Crippen molar-refractivity contribution >= 4 is 6.08 Å². The average Bonchev–Trinajstić information content (AvgIpc) is 1.41. The molecule has 5 heavy (non-hydrogen) atoms. The maximum Gasteiger partial charge on any atom is 0.237 e. The standard InChI is InChI=1S/C2H2NO2/c4-1-3-2-5/h1,4H. The van der Waals surface area contributed by atoms with Gasteiger partial charge >= 0.3 is 0 Å². The normalized spacial score (nSPS) is 5.80. The summed E-state index contributed by atoms with van der Waals surface area (Å²) in [4.78, 5) is 11.5. The molecule has 0 saturated carbocycles. The van der Waals surface area contributed by atoms with E-state index in [1.54, 1.807) is 0 Å². The summed E-state index contributed by atoms with van der Waals surface area (Å²) in [6.07, 6.45) is 1.09. The minimum atomic E-state index is 0.382. The van der Waals surface area contributed by atoms with Gasteiger partial charge in [0.15, 0.2) is 0 Å². The lowest BCUT2D eigenvalue weighted by Gasteiger charge is -1.57. The number of aliphatic imine (C=N–C) groups is 1. The van der Waals surface area contributed by atoms with Crippen LogP contribution in [0.4, 0.5) is 0 Å². The molecule has 0 aliphatic rings. The van der Waals surface area contributed by atoms with E-state index in [1.807, 2.05) is 0 Å². The van der Waals surface area contributed by atoms with E-state index in [-0.39, 0.29) is 0 Å². The highest BCUT2D eigenvalue weighted by atomic mass is 16.3. The lowest BCUT2D eigenvalue weighted by Crippen LogP contribution is -1.55. The summed E-state index contributed by atoms with van der Waals surface area (Å²) in [5.74, 6) is 0. The van der Waals surface area contributed by atoms with Gasteiger partial charge in [0.05, 0.1) is 0 Å². The van der Waals surface area contributed by atoms with Crippen molar-refractivity contribution in [2.75, 3.05) is 0 Å². The summed E-state index contributed by atoms with van der Waals surface area (Å²) in [6.45, 7) is 0.382. The lowest BCUT2D eigenvalue weighted by molar-refractivity contribution is 0.392. The molecule has 0 bridgehead atoms. The topological polar surface area (TPSA) is 49.7 Å². The van der Waals surface area contributed by atoms with Crippen molar-refractivity contribution in [2.24, 2.45) is 4.99 Å². The van der Waals surface area contributed by atoms with Crippen molar-refractivity contribution in [3.63, 3.8) is 0 Å². The molecule has 0 aliphatic carbocycles. The van der Waals surface area contributed by atoms with E-state index in [9.17, 15) is 0 Å². The predicted octanol–water partition coefficient (Wildman–Crippen LogP) is -0.186. The monoisotopic (exact) mass is 72.0 g/mol. The Morgan fingerprint density at radius 3 is 2.60 bits per heavy atom. The molecule has 0 heterocycles. The number of hydrogen-bond acceptors (Lipinski definition) is 3. The summed E-state index contributed by atoms with van der Waals surface area (Å²) < 4.78 is 0. The molecule has 0 unspecified atom stereocenters. The Labute approximate surface area is 29.0 Å². The Morgan fingerprint density at radius 2 is 2.60 bits per heavy atom. The van der Waals surface area contributed by atoms with E-state index < -0.39 is 0 Å². The summed E-state index contributed by atoms with van der Waals surface area (Å²) in [7, 11) is 0. The third-order valence-corrected chi connectivity index (χ3v) is 0.110. The SMILES string of the molecule is O=C=N[CH]O. The number of rotatable bonds is 1. The smallest absolute Gasteiger partial charge is 0.237 e. The molecular weight excluding hydrogens is 70.0 g/mol. The van der Waals surface area contributed by atoms with Crippen LogP contribution in [-0.4, -0.2) is 11.2 Å². The van der Waals surface area contributed by atoms with Crippen LogP contribution >= 0.6 is 0 Å². The summed E-state index contributed by atoms with van der Waals surface area (Å²) in [5, 5.41) is 7.51. The van der Waals surface area contributed by atoms with Crippen LogP contribution in [0.25, 0.3) is 0 Å². The molecule has 0 saturated heterocycles. The second-order valence-electron chi connectivity index (χ2n) is 0.336. The van der Waals surface area contributed by atoms with E-state index in [1.165, 1.54) is 0 Å². The maximum atomic E-state index is 8.92. The highest BCUT2D eigenvalue weighted by Crippen LogP contribution is 1.57. The van der Waals surface area contributed by atoms with Crippen molar-refractivity contribution in [3.05, 3.63) is 6.73 Å². The molecule has 1 radical (unpaired) electrons. The van der Waals surface area contributed by atoms with Gasteiger partial charge in [-0.05, 0) is 0 Å². The van der Waals surface area contributed by atoms with E-state index >= 15 is 0 Å². The molecule has 0 spiro atoms. The first kappa shape index (κ1) is 4.34. The lowest BCUT2D eigenvalue weighted by atomic mass is 11.3. The van der Waals surface area contributed by atoms with Gasteiger partial charge in [-0.1, -0.05) is 0 Å². The molecule has 3 nitrogen and oxygen atoms in total. The minimum absolute atomic E-state index is 0.382. The Kier molecular flexibility index (Phi) is 2.90. The van der Waals surface area contributed by atoms with Crippen LogP contribution in [-0.2, 0) is 4.79 Å². The summed E-state index contributed by atoms with van der Waals surface area (Å²) in [5.41, 5.74) is 0. The predicted molar refractivity (Wildman–Crippen MR) is 14.4 cm³/mol. The van der Waals surface area contributed by atoms with Gasteiger partial charge in [-0.2, -0.15) is 4.99 Å². The summed E-state index contributed by atoms with van der Waals surface area (Å²) >= 11 is 0. The molecule has 0 rings (SSSR count). The Bertz CT molecular complexity index is 54.7. The molecule has 0 aromatic heterocycles. The highest BCUT2D eigenvalue weighted by molar-refractivity contribution is 5.33. The Balaban J connectivity index is 2.93. The first-order valence-electron chi connectivity index (χ1n) is 0.944. The zero-order chi connectivity index (χ0) is 4.12. The fourth-order valence-corrected chi connectivity index (χ4v) is 0.0236. The third-order valence-electron chi connectivity index (χ3n) is 0.110. The molecule has 1 N–H and O–H groups in total. The van der Waals surface area contributed by atoms with Crippen LogP contribution in [0.5, 0.6) is 0 Å². The number of carbonyl (C=O) groups excluding carboxylic acids is 1. The number of aliphatic hydroxyl groups is 1. The number of isocyanates is 1. The van der Waals surface area contributed by atoms with Gasteiger partial charge in [0.1, 0.15) is 0 Å². The van der Waals surface area contributed by atoms with Gasteiger partial charge in [-0.3, -0.25) is 0 Å². The number of aliphatic hydroxyl groups excluding tert-OH is 1. The fraction of sp³-hybridized carbons (Fsp3) is 0. The number of hydrogen-bond donors (Lipinski definition) is 1. The van der Waals surface area contributed by atoms with E-state index in [4.69, 9.17) is 9.90 Å². The Hall–Kier alpha value is -0.660. The van der Waals surface area contributed by atoms with Gasteiger partial charge in [-0.15, -0.1) is 0 Å². The molecule has 0 fully saturated rings. The molecule has 27 valence electrons. The van der Waals surface area contributed by atoms with Crippen LogP contribution in [0, 0.1) is 6.73 Å². The van der Waals surface area contributed by atoms with Gasteiger partial charge in [0.2, 0.25) is 12.8 Å². The first-order chi connectivity index (χ1) is 2.41. The zero-order valence-electron chi connectivity index (χ0n) is 2.38. The minimum Gasteiger partial charge on any atom is -0.367 e. The first-order valence-corrected chi connectivity index (χ1v) is 0.944. The van der Waals surface area contributed by atoms with Crippen molar-refractivity contribution < 1.29 is 9.90 Å². The van der Waals surface area contributed by atoms with E-state index in [0.717, 1.165) is 6.08 Å². The van der Waals surface area contributed by atoms with Crippen LogP contribution in [0.15, 0.2) is 4.99 Å². The molecule has 0 aromatic carbocycles. The molecule has 0 amide bonds. The average molecular weight is 72.0 g/mol. The van der Waals surface area contributed by atoms with Gasteiger partial charge in [-0.25, -0.2) is 4.79 Å². The van der Waals surface area contributed by atoms with Crippen LogP contribution in [0.1, 0.15) is 0 Å². The summed E-state index contributed by atoms with van der Waals surface area (Å²) in [6, 6.07) is 0.